The normalized spacial score (nSPS) is 12.0. The van der Waals surface area contributed by atoms with E-state index in [0.29, 0.717) is 23.4 Å². The second-order valence-corrected chi connectivity index (χ2v) is 6.66. The Labute approximate surface area is 163 Å². The lowest BCUT2D eigenvalue weighted by atomic mass is 10.0. The van der Waals surface area contributed by atoms with E-state index in [9.17, 15) is 14.7 Å². The lowest BCUT2D eigenvalue weighted by Crippen LogP contribution is -2.36. The van der Waals surface area contributed by atoms with Gasteiger partial charge in [0.05, 0.1) is 28.9 Å². The third-order valence-corrected chi connectivity index (χ3v) is 4.60. The van der Waals surface area contributed by atoms with Crippen molar-refractivity contribution >= 4 is 11.7 Å². The standard InChI is InChI=1S/C21H23N3O4/c1-14-19(15(2)24(23-14)17-7-4-3-5-8-17)20(26)21(27)22-12-16(13-25)11-18-9-6-10-28-18/h3-10,16,25H,11-13H2,1-2H3,(H,22,27). The molecule has 0 saturated heterocycles. The number of carbonyl (C=O) groups is 2. The maximum absolute atomic E-state index is 12.7. The molecule has 2 heterocycles. The van der Waals surface area contributed by atoms with Crippen LogP contribution < -0.4 is 5.32 Å². The Morgan fingerprint density at radius 3 is 2.57 bits per heavy atom. The average molecular weight is 381 g/mol. The van der Waals surface area contributed by atoms with Crippen molar-refractivity contribution in [2.75, 3.05) is 13.2 Å². The van der Waals surface area contributed by atoms with Gasteiger partial charge in [-0.3, -0.25) is 9.59 Å². The molecule has 146 valence electrons. The summed E-state index contributed by atoms with van der Waals surface area (Å²) in [6.07, 6.45) is 2.03. The van der Waals surface area contributed by atoms with Crippen molar-refractivity contribution in [1.82, 2.24) is 15.1 Å². The Morgan fingerprint density at radius 1 is 1.18 bits per heavy atom. The minimum atomic E-state index is -0.711. The molecule has 0 radical (unpaired) electrons. The Hall–Kier alpha value is -3.19. The van der Waals surface area contributed by atoms with Crippen molar-refractivity contribution in [2.24, 2.45) is 5.92 Å². The number of rotatable bonds is 8. The first-order valence-electron chi connectivity index (χ1n) is 9.08. The molecular formula is C21H23N3O4. The van der Waals surface area contributed by atoms with E-state index in [1.807, 2.05) is 30.3 Å². The summed E-state index contributed by atoms with van der Waals surface area (Å²) in [5, 5.41) is 16.5. The second kappa shape index (κ2) is 8.67. The van der Waals surface area contributed by atoms with Crippen LogP contribution in [0.15, 0.2) is 53.1 Å². The van der Waals surface area contributed by atoms with E-state index in [0.717, 1.165) is 11.4 Å². The van der Waals surface area contributed by atoms with Gasteiger partial charge in [-0.1, -0.05) is 18.2 Å². The highest BCUT2D eigenvalue weighted by Crippen LogP contribution is 2.18. The SMILES string of the molecule is Cc1nn(-c2ccccc2)c(C)c1C(=O)C(=O)NCC(CO)Cc1ccco1. The van der Waals surface area contributed by atoms with Gasteiger partial charge in [0.1, 0.15) is 5.76 Å². The minimum absolute atomic E-state index is 0.126. The molecule has 1 atom stereocenters. The quantitative estimate of drug-likeness (QED) is 0.461. The molecule has 28 heavy (non-hydrogen) atoms. The van der Waals surface area contributed by atoms with Gasteiger partial charge in [0, 0.05) is 25.5 Å². The summed E-state index contributed by atoms with van der Waals surface area (Å²) in [5.41, 5.74) is 2.23. The summed E-state index contributed by atoms with van der Waals surface area (Å²) in [6, 6.07) is 13.0. The Balaban J connectivity index is 1.69. The highest BCUT2D eigenvalue weighted by Gasteiger charge is 2.25. The largest absolute Gasteiger partial charge is 0.469 e. The van der Waals surface area contributed by atoms with Crippen molar-refractivity contribution in [1.29, 1.82) is 0 Å². The number of amides is 1. The molecule has 0 aliphatic heterocycles. The third-order valence-electron chi connectivity index (χ3n) is 4.60. The molecule has 7 heteroatoms. The number of carbonyl (C=O) groups excluding carboxylic acids is 2. The van der Waals surface area contributed by atoms with Gasteiger partial charge in [-0.05, 0) is 38.1 Å². The zero-order chi connectivity index (χ0) is 20.1. The number of ketones is 1. The summed E-state index contributed by atoms with van der Waals surface area (Å²) >= 11 is 0. The first kappa shape index (κ1) is 19.6. The van der Waals surface area contributed by atoms with Crippen LogP contribution in [0.5, 0.6) is 0 Å². The molecule has 0 spiro atoms. The molecule has 1 amide bonds. The molecule has 7 nitrogen and oxygen atoms in total. The summed E-state index contributed by atoms with van der Waals surface area (Å²) in [4.78, 5) is 25.1. The van der Waals surface area contributed by atoms with E-state index in [1.54, 1.807) is 36.9 Å². The van der Waals surface area contributed by atoms with E-state index in [-0.39, 0.29) is 19.1 Å². The lowest BCUT2D eigenvalue weighted by Gasteiger charge is -2.13. The van der Waals surface area contributed by atoms with E-state index in [4.69, 9.17) is 4.42 Å². The first-order chi connectivity index (χ1) is 13.5. The number of aliphatic hydroxyl groups is 1. The van der Waals surface area contributed by atoms with Gasteiger partial charge in [-0.25, -0.2) is 4.68 Å². The predicted molar refractivity (Wildman–Crippen MR) is 103 cm³/mol. The topological polar surface area (TPSA) is 97.4 Å². The molecule has 1 unspecified atom stereocenters. The molecule has 1 aromatic carbocycles. The van der Waals surface area contributed by atoms with Crippen LogP contribution in [0.4, 0.5) is 0 Å². The van der Waals surface area contributed by atoms with Crippen LogP contribution in [0.1, 0.15) is 27.5 Å². The van der Waals surface area contributed by atoms with Gasteiger partial charge in [0.15, 0.2) is 0 Å². The number of Topliss-reactive ketones (excluding diaryl/α,β-unsaturated/α-hetero) is 1. The molecule has 0 saturated carbocycles. The average Bonchev–Trinajstić information content (AvgIpc) is 3.32. The molecule has 2 aromatic heterocycles. The Bertz CT molecular complexity index is 946. The number of nitrogens with zero attached hydrogens (tertiary/aromatic N) is 2. The fourth-order valence-corrected chi connectivity index (χ4v) is 3.14. The summed E-state index contributed by atoms with van der Waals surface area (Å²) < 4.78 is 6.92. The highest BCUT2D eigenvalue weighted by atomic mass is 16.3. The lowest BCUT2D eigenvalue weighted by molar-refractivity contribution is -0.117. The van der Waals surface area contributed by atoms with Crippen molar-refractivity contribution in [3.05, 3.63) is 71.4 Å². The summed E-state index contributed by atoms with van der Waals surface area (Å²) in [5.74, 6) is -0.865. The maximum atomic E-state index is 12.7. The molecule has 3 aromatic rings. The van der Waals surface area contributed by atoms with Gasteiger partial charge in [-0.2, -0.15) is 5.10 Å². The van der Waals surface area contributed by atoms with Crippen molar-refractivity contribution in [3.8, 4) is 5.69 Å². The second-order valence-electron chi connectivity index (χ2n) is 6.66. The zero-order valence-electron chi connectivity index (χ0n) is 15.9. The number of aliphatic hydroxyl groups excluding tert-OH is 1. The third kappa shape index (κ3) is 4.20. The number of hydrogen-bond acceptors (Lipinski definition) is 5. The van der Waals surface area contributed by atoms with Crippen LogP contribution in [0.2, 0.25) is 0 Å². The molecule has 0 aliphatic carbocycles. The van der Waals surface area contributed by atoms with Gasteiger partial charge in [0.25, 0.3) is 11.7 Å². The van der Waals surface area contributed by atoms with Crippen LogP contribution >= 0.6 is 0 Å². The van der Waals surface area contributed by atoms with Gasteiger partial charge in [-0.15, -0.1) is 0 Å². The van der Waals surface area contributed by atoms with Crippen LogP contribution in [0.3, 0.4) is 0 Å². The maximum Gasteiger partial charge on any atom is 0.292 e. The molecular weight excluding hydrogens is 358 g/mol. The Kier molecular flexibility index (Phi) is 6.06. The first-order valence-corrected chi connectivity index (χ1v) is 9.08. The van der Waals surface area contributed by atoms with Gasteiger partial charge < -0.3 is 14.8 Å². The minimum Gasteiger partial charge on any atom is -0.469 e. The molecule has 3 rings (SSSR count). The smallest absolute Gasteiger partial charge is 0.292 e. The van der Waals surface area contributed by atoms with Gasteiger partial charge in [0.2, 0.25) is 0 Å². The van der Waals surface area contributed by atoms with Crippen LogP contribution in [-0.4, -0.2) is 39.7 Å². The highest BCUT2D eigenvalue weighted by molar-refractivity contribution is 6.43. The summed E-state index contributed by atoms with van der Waals surface area (Å²) in [6.45, 7) is 3.52. The Morgan fingerprint density at radius 2 is 1.93 bits per heavy atom. The predicted octanol–water partition coefficient (Wildman–Crippen LogP) is 2.23. The number of aryl methyl sites for hydroxylation is 1. The monoisotopic (exact) mass is 381 g/mol. The van der Waals surface area contributed by atoms with E-state index in [2.05, 4.69) is 10.4 Å². The fourth-order valence-electron chi connectivity index (χ4n) is 3.14. The van der Waals surface area contributed by atoms with Crippen molar-refractivity contribution in [2.45, 2.75) is 20.3 Å². The number of nitrogens with one attached hydrogen (secondary N) is 1. The van der Waals surface area contributed by atoms with Gasteiger partial charge >= 0.3 is 0 Å². The number of hydrogen-bond donors (Lipinski definition) is 2. The number of para-hydroxylation sites is 1. The molecule has 0 bridgehead atoms. The number of furan rings is 1. The van der Waals surface area contributed by atoms with Crippen molar-refractivity contribution < 1.29 is 19.1 Å². The molecule has 2 N–H and O–H groups in total. The number of aromatic nitrogens is 2. The van der Waals surface area contributed by atoms with Crippen LogP contribution in [-0.2, 0) is 11.2 Å². The van der Waals surface area contributed by atoms with E-state index < -0.39 is 11.7 Å². The number of benzene rings is 1. The van der Waals surface area contributed by atoms with Crippen LogP contribution in [0.25, 0.3) is 5.69 Å². The van der Waals surface area contributed by atoms with E-state index in [1.165, 1.54) is 0 Å². The summed E-state index contributed by atoms with van der Waals surface area (Å²) in [7, 11) is 0. The fraction of sp³-hybridized carbons (Fsp3) is 0.286. The zero-order valence-corrected chi connectivity index (χ0v) is 15.9. The molecule has 0 aliphatic rings. The molecule has 0 fully saturated rings. The van der Waals surface area contributed by atoms with Crippen LogP contribution in [0, 0.1) is 19.8 Å². The van der Waals surface area contributed by atoms with Crippen molar-refractivity contribution in [3.63, 3.8) is 0 Å². The van der Waals surface area contributed by atoms with E-state index >= 15 is 0 Å².